The topological polar surface area (TPSA) is 30.5 Å². The van der Waals surface area contributed by atoms with Crippen LogP contribution in [0.4, 0.5) is 5.69 Å². The molecule has 0 aliphatic carbocycles. The molecule has 0 amide bonds. The fourth-order valence-corrected chi connectivity index (χ4v) is 3.74. The normalized spacial score (nSPS) is 10.7. The van der Waals surface area contributed by atoms with Crippen molar-refractivity contribution in [1.29, 1.82) is 0 Å². The minimum atomic E-state index is 0.484. The van der Waals surface area contributed by atoms with E-state index in [1.165, 1.54) is 5.56 Å². The zero-order valence-corrected chi connectivity index (χ0v) is 19.2. The van der Waals surface area contributed by atoms with Crippen molar-refractivity contribution in [2.24, 2.45) is 0 Å². The predicted octanol–water partition coefficient (Wildman–Crippen LogP) is 7.31. The van der Waals surface area contributed by atoms with Crippen molar-refractivity contribution in [3.63, 3.8) is 0 Å². The molecule has 3 rings (SSSR count). The Hall–Kier alpha value is -2.17. The molecule has 3 nitrogen and oxygen atoms in total. The van der Waals surface area contributed by atoms with Crippen LogP contribution in [0.2, 0.25) is 5.02 Å². The second kappa shape index (κ2) is 10.0. The highest BCUT2D eigenvalue weighted by Crippen LogP contribution is 2.38. The summed E-state index contributed by atoms with van der Waals surface area (Å²) in [4.78, 5) is 0. The van der Waals surface area contributed by atoms with E-state index in [1.807, 2.05) is 38.1 Å². The van der Waals surface area contributed by atoms with Crippen molar-refractivity contribution in [2.45, 2.75) is 33.9 Å². The lowest BCUT2D eigenvalue weighted by molar-refractivity contribution is 0.267. The molecule has 0 spiro atoms. The van der Waals surface area contributed by atoms with Crippen molar-refractivity contribution >= 4 is 33.2 Å². The van der Waals surface area contributed by atoms with Gasteiger partial charge in [0.25, 0.3) is 0 Å². The molecule has 0 atom stereocenters. The molecular weight excluding hydrogens is 450 g/mol. The zero-order valence-electron chi connectivity index (χ0n) is 16.9. The van der Waals surface area contributed by atoms with Gasteiger partial charge in [0.15, 0.2) is 11.5 Å². The molecule has 0 heterocycles. The smallest absolute Gasteiger partial charge is 0.175 e. The first kappa shape index (κ1) is 21.5. The molecule has 5 heteroatoms. The summed E-state index contributed by atoms with van der Waals surface area (Å²) in [7, 11) is 0. The number of hydrogen-bond donors (Lipinski definition) is 1. The highest BCUT2D eigenvalue weighted by molar-refractivity contribution is 9.10. The SMILES string of the molecule is CCOc1cc(CNc2cccc(Cl)c2C)cc(Br)c1OCc1ccc(C)cc1. The van der Waals surface area contributed by atoms with Crippen LogP contribution >= 0.6 is 27.5 Å². The summed E-state index contributed by atoms with van der Waals surface area (Å²) in [5.41, 5.74) is 5.49. The lowest BCUT2D eigenvalue weighted by Gasteiger charge is -2.17. The maximum absolute atomic E-state index is 6.22. The summed E-state index contributed by atoms with van der Waals surface area (Å²) in [6.45, 7) is 7.76. The number of benzene rings is 3. The lowest BCUT2D eigenvalue weighted by Crippen LogP contribution is -2.04. The van der Waals surface area contributed by atoms with E-state index in [-0.39, 0.29) is 0 Å². The van der Waals surface area contributed by atoms with Gasteiger partial charge in [-0.15, -0.1) is 0 Å². The van der Waals surface area contributed by atoms with Crippen LogP contribution in [0.5, 0.6) is 11.5 Å². The van der Waals surface area contributed by atoms with E-state index in [1.54, 1.807) is 0 Å². The van der Waals surface area contributed by atoms with Gasteiger partial charge in [0.05, 0.1) is 11.1 Å². The number of halogens is 2. The molecule has 0 aliphatic rings. The van der Waals surface area contributed by atoms with E-state index in [0.717, 1.165) is 43.4 Å². The summed E-state index contributed by atoms with van der Waals surface area (Å²) in [6, 6.07) is 18.3. The Morgan fingerprint density at radius 2 is 1.72 bits per heavy atom. The Morgan fingerprint density at radius 3 is 2.45 bits per heavy atom. The van der Waals surface area contributed by atoms with Crippen molar-refractivity contribution in [2.75, 3.05) is 11.9 Å². The Labute approximate surface area is 186 Å². The molecule has 0 bridgehead atoms. The van der Waals surface area contributed by atoms with Gasteiger partial charge >= 0.3 is 0 Å². The molecular formula is C24H25BrClNO2. The summed E-state index contributed by atoms with van der Waals surface area (Å²) >= 11 is 9.87. The van der Waals surface area contributed by atoms with Gasteiger partial charge in [-0.1, -0.05) is 47.5 Å². The third-order valence-corrected chi connectivity index (χ3v) is 5.62. The zero-order chi connectivity index (χ0) is 20.8. The number of aryl methyl sites for hydroxylation is 1. The van der Waals surface area contributed by atoms with Gasteiger partial charge in [0.2, 0.25) is 0 Å². The molecule has 0 aliphatic heterocycles. The summed E-state index contributed by atoms with van der Waals surface area (Å²) in [5, 5.41) is 4.20. The van der Waals surface area contributed by atoms with E-state index in [4.69, 9.17) is 21.1 Å². The van der Waals surface area contributed by atoms with Crippen LogP contribution in [0.3, 0.4) is 0 Å². The van der Waals surface area contributed by atoms with E-state index in [0.29, 0.717) is 19.8 Å². The molecule has 0 fully saturated rings. The Balaban J connectivity index is 1.76. The molecule has 3 aromatic rings. The first-order valence-corrected chi connectivity index (χ1v) is 10.8. The van der Waals surface area contributed by atoms with Crippen LogP contribution in [-0.2, 0) is 13.2 Å². The number of hydrogen-bond acceptors (Lipinski definition) is 3. The Kier molecular flexibility index (Phi) is 7.45. The van der Waals surface area contributed by atoms with Crippen molar-refractivity contribution < 1.29 is 9.47 Å². The number of nitrogens with one attached hydrogen (secondary N) is 1. The Morgan fingerprint density at radius 1 is 0.966 bits per heavy atom. The molecule has 0 saturated heterocycles. The van der Waals surface area contributed by atoms with E-state index in [9.17, 15) is 0 Å². The Bertz CT molecular complexity index is 973. The van der Waals surface area contributed by atoms with Gasteiger partial charge in [-0.25, -0.2) is 0 Å². The quantitative estimate of drug-likeness (QED) is 0.371. The lowest BCUT2D eigenvalue weighted by atomic mass is 10.1. The molecule has 0 unspecified atom stereocenters. The third kappa shape index (κ3) is 5.68. The van der Waals surface area contributed by atoms with Crippen LogP contribution in [0.25, 0.3) is 0 Å². The first-order valence-electron chi connectivity index (χ1n) is 9.60. The van der Waals surface area contributed by atoms with Crippen LogP contribution in [0, 0.1) is 13.8 Å². The van der Waals surface area contributed by atoms with Crippen LogP contribution in [-0.4, -0.2) is 6.61 Å². The molecule has 152 valence electrons. The second-order valence-electron chi connectivity index (χ2n) is 6.88. The third-order valence-electron chi connectivity index (χ3n) is 4.62. The van der Waals surface area contributed by atoms with Crippen molar-refractivity contribution in [1.82, 2.24) is 0 Å². The molecule has 0 aromatic heterocycles. The molecule has 1 N–H and O–H groups in total. The summed E-state index contributed by atoms with van der Waals surface area (Å²) in [5.74, 6) is 1.45. The fourth-order valence-electron chi connectivity index (χ4n) is 2.96. The average molecular weight is 475 g/mol. The number of anilines is 1. The maximum atomic E-state index is 6.22. The number of ether oxygens (including phenoxy) is 2. The first-order chi connectivity index (χ1) is 14.0. The largest absolute Gasteiger partial charge is 0.490 e. The standard InChI is InChI=1S/C24H25BrClNO2/c1-4-28-23-13-19(14-27-22-7-5-6-21(26)17(22)3)12-20(25)24(23)29-15-18-10-8-16(2)9-11-18/h5-13,27H,4,14-15H2,1-3H3. The van der Waals surface area contributed by atoms with Gasteiger partial charge in [0.1, 0.15) is 6.61 Å². The predicted molar refractivity (Wildman–Crippen MR) is 124 cm³/mol. The monoisotopic (exact) mass is 473 g/mol. The van der Waals surface area contributed by atoms with E-state index < -0.39 is 0 Å². The highest BCUT2D eigenvalue weighted by Gasteiger charge is 2.13. The van der Waals surface area contributed by atoms with E-state index >= 15 is 0 Å². The molecule has 29 heavy (non-hydrogen) atoms. The average Bonchev–Trinajstić information content (AvgIpc) is 2.70. The van der Waals surface area contributed by atoms with Crippen LogP contribution in [0.1, 0.15) is 29.2 Å². The second-order valence-corrected chi connectivity index (χ2v) is 8.14. The summed E-state index contributed by atoms with van der Waals surface area (Å²) < 4.78 is 12.8. The van der Waals surface area contributed by atoms with E-state index in [2.05, 4.69) is 58.5 Å². The highest BCUT2D eigenvalue weighted by atomic mass is 79.9. The minimum absolute atomic E-state index is 0.484. The molecule has 0 radical (unpaired) electrons. The van der Waals surface area contributed by atoms with Crippen molar-refractivity contribution in [3.05, 3.63) is 86.3 Å². The van der Waals surface area contributed by atoms with Crippen LogP contribution < -0.4 is 14.8 Å². The van der Waals surface area contributed by atoms with Gasteiger partial charge in [-0.3, -0.25) is 0 Å². The van der Waals surface area contributed by atoms with Gasteiger partial charge < -0.3 is 14.8 Å². The van der Waals surface area contributed by atoms with Gasteiger partial charge in [0, 0.05) is 17.3 Å². The van der Waals surface area contributed by atoms with Crippen LogP contribution in [0.15, 0.2) is 59.1 Å². The van der Waals surface area contributed by atoms with Gasteiger partial charge in [-0.05, 0) is 77.7 Å². The van der Waals surface area contributed by atoms with Gasteiger partial charge in [-0.2, -0.15) is 0 Å². The fraction of sp³-hybridized carbons (Fsp3) is 0.250. The number of rotatable bonds is 8. The molecule has 3 aromatic carbocycles. The summed E-state index contributed by atoms with van der Waals surface area (Å²) in [6.07, 6.45) is 0. The molecule has 0 saturated carbocycles. The minimum Gasteiger partial charge on any atom is -0.490 e. The van der Waals surface area contributed by atoms with Crippen molar-refractivity contribution in [3.8, 4) is 11.5 Å². The maximum Gasteiger partial charge on any atom is 0.175 e.